The monoisotopic (exact) mass is 696 g/mol. The smallest absolute Gasteiger partial charge is 0.143 e. The van der Waals surface area contributed by atoms with Gasteiger partial charge in [0.2, 0.25) is 0 Å². The van der Waals surface area contributed by atoms with E-state index in [2.05, 4.69) is 194 Å². The van der Waals surface area contributed by atoms with E-state index in [0.717, 1.165) is 32.7 Å². The van der Waals surface area contributed by atoms with Crippen LogP contribution in [-0.4, -0.2) is 0 Å². The molecule has 0 bridgehead atoms. The molecule has 0 saturated carbocycles. The van der Waals surface area contributed by atoms with Crippen LogP contribution in [-0.2, 0) is 0 Å². The summed E-state index contributed by atoms with van der Waals surface area (Å²) >= 11 is 0. The zero-order valence-corrected chi connectivity index (χ0v) is 29.9. The van der Waals surface area contributed by atoms with Crippen LogP contribution in [0.2, 0.25) is 0 Å². The third-order valence-corrected chi connectivity index (χ3v) is 11.8. The van der Waals surface area contributed by atoms with Gasteiger partial charge >= 0.3 is 0 Å². The Morgan fingerprint density at radius 2 is 0.673 bits per heavy atom. The first-order valence-electron chi connectivity index (χ1n) is 19.0. The molecule has 0 unspecified atom stereocenters. The van der Waals surface area contributed by atoms with E-state index in [-0.39, 0.29) is 0 Å². The van der Waals surface area contributed by atoms with Crippen molar-refractivity contribution in [3.05, 3.63) is 194 Å². The van der Waals surface area contributed by atoms with Crippen molar-refractivity contribution in [3.8, 4) is 33.4 Å². The largest absolute Gasteiger partial charge is 0.455 e. The summed E-state index contributed by atoms with van der Waals surface area (Å²) in [5, 5.41) is 17.0. The number of rotatable bonds is 3. The molecule has 0 N–H and O–H groups in total. The maximum atomic E-state index is 6.69. The lowest BCUT2D eigenvalue weighted by atomic mass is 9.83. The molecule has 0 amide bonds. The molecule has 11 aromatic carbocycles. The highest BCUT2D eigenvalue weighted by Crippen LogP contribution is 2.47. The first-order chi connectivity index (χ1) is 27.3. The molecule has 12 rings (SSSR count). The van der Waals surface area contributed by atoms with E-state index >= 15 is 0 Å². The quantitative estimate of drug-likeness (QED) is 0.168. The summed E-state index contributed by atoms with van der Waals surface area (Å²) < 4.78 is 6.69. The highest BCUT2D eigenvalue weighted by Gasteiger charge is 2.20. The fraction of sp³-hybridized carbons (Fsp3) is 0. The second kappa shape index (κ2) is 11.6. The average Bonchev–Trinajstić information content (AvgIpc) is 3.65. The van der Waals surface area contributed by atoms with Crippen molar-refractivity contribution >= 4 is 86.6 Å². The average molecular weight is 697 g/mol. The van der Waals surface area contributed by atoms with E-state index in [4.69, 9.17) is 4.42 Å². The number of benzene rings is 11. The molecule has 0 spiro atoms. The Kier molecular flexibility index (Phi) is 6.40. The lowest BCUT2D eigenvalue weighted by Crippen LogP contribution is -1.92. The number of fused-ring (bicyclic) bond motifs is 11. The van der Waals surface area contributed by atoms with Gasteiger partial charge in [0.25, 0.3) is 0 Å². The van der Waals surface area contributed by atoms with Crippen molar-refractivity contribution in [1.82, 2.24) is 0 Å². The van der Waals surface area contributed by atoms with E-state index in [1.807, 2.05) is 0 Å². The Labute approximate surface area is 317 Å². The Balaban J connectivity index is 1.06. The van der Waals surface area contributed by atoms with Gasteiger partial charge in [-0.1, -0.05) is 164 Å². The molecule has 55 heavy (non-hydrogen) atoms. The third-order valence-electron chi connectivity index (χ3n) is 11.8. The lowest BCUT2D eigenvalue weighted by molar-refractivity contribution is 0.676. The fourth-order valence-electron chi connectivity index (χ4n) is 9.30. The van der Waals surface area contributed by atoms with Crippen molar-refractivity contribution in [1.29, 1.82) is 0 Å². The summed E-state index contributed by atoms with van der Waals surface area (Å²) in [6, 6.07) is 71.1. The Morgan fingerprint density at radius 3 is 1.36 bits per heavy atom. The highest BCUT2D eigenvalue weighted by atomic mass is 16.3. The second-order valence-electron chi connectivity index (χ2n) is 14.8. The van der Waals surface area contributed by atoms with E-state index in [0.29, 0.717) is 0 Å². The van der Waals surface area contributed by atoms with Crippen molar-refractivity contribution in [2.45, 2.75) is 0 Å². The van der Waals surface area contributed by atoms with Gasteiger partial charge in [0.1, 0.15) is 11.2 Å². The van der Waals surface area contributed by atoms with E-state index in [1.165, 1.54) is 87.2 Å². The van der Waals surface area contributed by atoms with Crippen LogP contribution in [0.1, 0.15) is 0 Å². The van der Waals surface area contributed by atoms with Gasteiger partial charge in [0.05, 0.1) is 0 Å². The predicted octanol–water partition coefficient (Wildman–Crippen LogP) is 15.5. The SMILES string of the molecule is c1ccc2cc(-c3c4ccccc4c(-c4ccc(-c5ccc6c(ccc7c8ccc9ccccc9c8oc67)c5)c5ccccc45)c4ccccc34)ccc2c1. The first kappa shape index (κ1) is 30.3. The van der Waals surface area contributed by atoms with Crippen LogP contribution in [0.25, 0.3) is 120 Å². The van der Waals surface area contributed by atoms with Crippen LogP contribution < -0.4 is 0 Å². The molecular formula is C54H32O. The zero-order valence-electron chi connectivity index (χ0n) is 29.9. The molecular weight excluding hydrogens is 665 g/mol. The van der Waals surface area contributed by atoms with Crippen LogP contribution in [0, 0.1) is 0 Å². The van der Waals surface area contributed by atoms with Gasteiger partial charge in [-0.25, -0.2) is 0 Å². The molecule has 12 aromatic rings. The number of hydrogen-bond donors (Lipinski definition) is 0. The Morgan fingerprint density at radius 1 is 0.236 bits per heavy atom. The van der Waals surface area contributed by atoms with Crippen molar-refractivity contribution < 1.29 is 4.42 Å². The summed E-state index contributed by atoms with van der Waals surface area (Å²) in [5.41, 5.74) is 9.35. The molecule has 0 aliphatic rings. The molecule has 1 heteroatoms. The molecule has 0 atom stereocenters. The van der Waals surface area contributed by atoms with E-state index in [9.17, 15) is 0 Å². The summed E-state index contributed by atoms with van der Waals surface area (Å²) in [6.45, 7) is 0. The van der Waals surface area contributed by atoms with E-state index < -0.39 is 0 Å². The van der Waals surface area contributed by atoms with Gasteiger partial charge in [0, 0.05) is 21.5 Å². The minimum absolute atomic E-state index is 0.946. The summed E-state index contributed by atoms with van der Waals surface area (Å²) in [7, 11) is 0. The lowest BCUT2D eigenvalue weighted by Gasteiger charge is -2.20. The van der Waals surface area contributed by atoms with Gasteiger partial charge in [-0.3, -0.25) is 0 Å². The van der Waals surface area contributed by atoms with Gasteiger partial charge in [-0.2, -0.15) is 0 Å². The van der Waals surface area contributed by atoms with Crippen LogP contribution in [0.3, 0.4) is 0 Å². The van der Waals surface area contributed by atoms with Crippen molar-refractivity contribution in [2.24, 2.45) is 0 Å². The molecule has 254 valence electrons. The second-order valence-corrected chi connectivity index (χ2v) is 14.8. The normalized spacial score (nSPS) is 12.0. The number of hydrogen-bond acceptors (Lipinski definition) is 1. The topological polar surface area (TPSA) is 13.1 Å². The molecule has 1 aromatic heterocycles. The van der Waals surface area contributed by atoms with Crippen molar-refractivity contribution in [3.63, 3.8) is 0 Å². The number of furan rings is 1. The van der Waals surface area contributed by atoms with Gasteiger partial charge < -0.3 is 4.42 Å². The maximum absolute atomic E-state index is 6.69. The molecule has 0 aliphatic heterocycles. The van der Waals surface area contributed by atoms with Crippen LogP contribution >= 0.6 is 0 Å². The molecule has 0 radical (unpaired) electrons. The van der Waals surface area contributed by atoms with Crippen LogP contribution in [0.4, 0.5) is 0 Å². The third kappa shape index (κ3) is 4.48. The van der Waals surface area contributed by atoms with Crippen LogP contribution in [0.5, 0.6) is 0 Å². The summed E-state index contributed by atoms with van der Waals surface area (Å²) in [6.07, 6.45) is 0. The molecule has 0 saturated heterocycles. The molecule has 1 nitrogen and oxygen atoms in total. The Hall–Kier alpha value is -7.22. The summed E-state index contributed by atoms with van der Waals surface area (Å²) in [4.78, 5) is 0. The van der Waals surface area contributed by atoms with Crippen LogP contribution in [0.15, 0.2) is 199 Å². The fourth-order valence-corrected chi connectivity index (χ4v) is 9.30. The highest BCUT2D eigenvalue weighted by molar-refractivity contribution is 6.25. The molecule has 0 aliphatic carbocycles. The minimum atomic E-state index is 0.946. The van der Waals surface area contributed by atoms with E-state index in [1.54, 1.807) is 0 Å². The summed E-state index contributed by atoms with van der Waals surface area (Å²) in [5.74, 6) is 0. The van der Waals surface area contributed by atoms with Crippen molar-refractivity contribution in [2.75, 3.05) is 0 Å². The zero-order chi connectivity index (χ0) is 36.0. The van der Waals surface area contributed by atoms with Gasteiger partial charge in [0.15, 0.2) is 0 Å². The predicted molar refractivity (Wildman–Crippen MR) is 235 cm³/mol. The van der Waals surface area contributed by atoms with Gasteiger partial charge in [-0.15, -0.1) is 0 Å². The molecule has 1 heterocycles. The first-order valence-corrected chi connectivity index (χ1v) is 19.0. The maximum Gasteiger partial charge on any atom is 0.143 e. The minimum Gasteiger partial charge on any atom is -0.455 e. The molecule has 0 fully saturated rings. The standard InChI is InChI=1S/C54H32O/c1-2-13-35-31-38(22-21-33(35)11-1)51-44-17-7-9-19-46(44)52(47-20-10-8-18-45(47)51)48-30-29-39(42-15-5-6-16-43(42)48)36-24-26-41-37(32-36)25-28-50-49-27-23-34-12-3-4-14-40(34)53(49)55-54(41)50/h1-32H. The van der Waals surface area contributed by atoms with Gasteiger partial charge in [-0.05, 0) is 118 Å². The Bertz CT molecular complexity index is 3490.